The molecule has 4 rings (SSSR count). The Labute approximate surface area is 205 Å². The van der Waals surface area contributed by atoms with E-state index < -0.39 is 0 Å². The van der Waals surface area contributed by atoms with Crippen LogP contribution in [0.3, 0.4) is 0 Å². The number of hydrogen-bond donors (Lipinski definition) is 1. The van der Waals surface area contributed by atoms with Crippen LogP contribution in [0.15, 0.2) is 0 Å². The van der Waals surface area contributed by atoms with Crippen LogP contribution in [-0.2, 0) is 4.79 Å². The van der Waals surface area contributed by atoms with Gasteiger partial charge >= 0.3 is 0 Å². The first-order valence-corrected chi connectivity index (χ1v) is 14.5. The summed E-state index contributed by atoms with van der Waals surface area (Å²) in [6.07, 6.45) is 14.0. The molecule has 3 aliphatic carbocycles. The van der Waals surface area contributed by atoms with Gasteiger partial charge in [-0.1, -0.05) is 47.5 Å². The van der Waals surface area contributed by atoms with Crippen molar-refractivity contribution in [3.63, 3.8) is 0 Å². The third-order valence-corrected chi connectivity index (χ3v) is 11.0. The van der Waals surface area contributed by atoms with Crippen molar-refractivity contribution in [1.29, 1.82) is 0 Å². The summed E-state index contributed by atoms with van der Waals surface area (Å²) < 4.78 is 0. The average molecular weight is 459 g/mol. The number of carbonyl (C=O) groups excluding carboxylic acids is 1. The van der Waals surface area contributed by atoms with Crippen LogP contribution in [0.1, 0.15) is 119 Å². The number of likely N-dealkylation sites (tertiary alicyclic amines) is 1. The normalized spacial score (nSPS) is 36.9. The molecule has 0 spiro atoms. The zero-order valence-corrected chi connectivity index (χ0v) is 23.1. The molecule has 5 atom stereocenters. The van der Waals surface area contributed by atoms with Crippen molar-refractivity contribution in [1.82, 2.24) is 10.2 Å². The van der Waals surface area contributed by atoms with E-state index in [1.165, 1.54) is 70.9 Å². The molecule has 3 nitrogen and oxygen atoms in total. The Morgan fingerprint density at radius 2 is 1.64 bits per heavy atom. The molecular weight excluding hydrogens is 404 g/mol. The van der Waals surface area contributed by atoms with Crippen molar-refractivity contribution in [2.75, 3.05) is 19.6 Å². The molecule has 190 valence electrons. The Kier molecular flexibility index (Phi) is 7.07. The molecule has 0 radical (unpaired) electrons. The Morgan fingerprint density at radius 1 is 0.939 bits per heavy atom. The molecule has 1 aliphatic heterocycles. The second-order valence-corrected chi connectivity index (χ2v) is 14.5. The van der Waals surface area contributed by atoms with Gasteiger partial charge in [-0.15, -0.1) is 0 Å². The highest BCUT2D eigenvalue weighted by molar-refractivity contribution is 5.84. The van der Waals surface area contributed by atoms with E-state index >= 15 is 0 Å². The van der Waals surface area contributed by atoms with Gasteiger partial charge in [0.2, 0.25) is 5.91 Å². The van der Waals surface area contributed by atoms with E-state index in [0.717, 1.165) is 37.1 Å². The number of nitrogens with zero attached hydrogens (tertiary/aromatic N) is 1. The SMILES string of the molecule is CCCC(C)(C)C1CCC2C3CCCC3(C(=O)NC(C)(C)CN3CCCC3)CCC2C1(C)C. The monoisotopic (exact) mass is 458 g/mol. The van der Waals surface area contributed by atoms with Crippen LogP contribution in [0.2, 0.25) is 0 Å². The Balaban J connectivity index is 1.50. The van der Waals surface area contributed by atoms with Gasteiger partial charge in [0.1, 0.15) is 0 Å². The zero-order chi connectivity index (χ0) is 24.1. The van der Waals surface area contributed by atoms with Crippen LogP contribution in [0, 0.1) is 39.9 Å². The zero-order valence-electron chi connectivity index (χ0n) is 23.1. The average Bonchev–Trinajstić information content (AvgIpc) is 3.36. The van der Waals surface area contributed by atoms with Gasteiger partial charge in [-0.25, -0.2) is 0 Å². The van der Waals surface area contributed by atoms with Crippen LogP contribution in [0.5, 0.6) is 0 Å². The third-order valence-electron chi connectivity index (χ3n) is 11.0. The van der Waals surface area contributed by atoms with Crippen molar-refractivity contribution in [2.24, 2.45) is 39.9 Å². The van der Waals surface area contributed by atoms with Crippen LogP contribution < -0.4 is 5.32 Å². The number of amides is 1. The summed E-state index contributed by atoms with van der Waals surface area (Å²) in [6.45, 7) is 20.5. The fourth-order valence-electron chi connectivity index (χ4n) is 9.84. The highest BCUT2D eigenvalue weighted by atomic mass is 16.2. The lowest BCUT2D eigenvalue weighted by atomic mass is 9.44. The predicted octanol–water partition coefficient (Wildman–Crippen LogP) is 7.05. The molecule has 0 aromatic rings. The van der Waals surface area contributed by atoms with E-state index in [1.54, 1.807) is 0 Å². The van der Waals surface area contributed by atoms with Gasteiger partial charge in [0.25, 0.3) is 0 Å². The second-order valence-electron chi connectivity index (χ2n) is 14.5. The van der Waals surface area contributed by atoms with Gasteiger partial charge in [0, 0.05) is 12.1 Å². The first-order chi connectivity index (χ1) is 15.4. The van der Waals surface area contributed by atoms with Gasteiger partial charge in [-0.3, -0.25) is 4.79 Å². The quantitative estimate of drug-likeness (QED) is 0.443. The predicted molar refractivity (Wildman–Crippen MR) is 139 cm³/mol. The van der Waals surface area contributed by atoms with Crippen molar-refractivity contribution in [3.05, 3.63) is 0 Å². The van der Waals surface area contributed by atoms with Crippen LogP contribution >= 0.6 is 0 Å². The maximum absolute atomic E-state index is 14.0. The molecule has 1 heterocycles. The molecule has 1 N–H and O–H groups in total. The van der Waals surface area contributed by atoms with Crippen LogP contribution in [-0.4, -0.2) is 36.0 Å². The van der Waals surface area contributed by atoms with Gasteiger partial charge in [0.05, 0.1) is 5.41 Å². The van der Waals surface area contributed by atoms with Gasteiger partial charge in [-0.05, 0) is 119 Å². The number of nitrogens with one attached hydrogen (secondary N) is 1. The standard InChI is InChI=1S/C30H54N2O/c1-8-16-27(2,3)25-14-13-22-23(29(25,6)7)15-18-30(17-11-12-24(22)30)26(33)31-28(4,5)21-32-19-9-10-20-32/h22-25H,8-21H2,1-7H3,(H,31,33). The van der Waals surface area contributed by atoms with E-state index in [0.29, 0.717) is 22.7 Å². The summed E-state index contributed by atoms with van der Waals surface area (Å²) in [5.74, 6) is 3.34. The van der Waals surface area contributed by atoms with E-state index in [2.05, 4.69) is 58.7 Å². The molecule has 33 heavy (non-hydrogen) atoms. The minimum absolute atomic E-state index is 0.0920. The molecule has 0 bridgehead atoms. The maximum atomic E-state index is 14.0. The molecule has 4 fully saturated rings. The molecule has 4 aliphatic rings. The maximum Gasteiger partial charge on any atom is 0.226 e. The Hall–Kier alpha value is -0.570. The molecule has 0 aromatic heterocycles. The molecule has 1 amide bonds. The number of carbonyl (C=O) groups is 1. The summed E-state index contributed by atoms with van der Waals surface area (Å²) in [4.78, 5) is 16.6. The van der Waals surface area contributed by atoms with Crippen molar-refractivity contribution >= 4 is 5.91 Å². The largest absolute Gasteiger partial charge is 0.349 e. The van der Waals surface area contributed by atoms with Crippen molar-refractivity contribution in [2.45, 2.75) is 125 Å². The third kappa shape index (κ3) is 4.66. The molecule has 1 saturated heterocycles. The molecule has 3 heteroatoms. The summed E-state index contributed by atoms with van der Waals surface area (Å²) in [6, 6.07) is 0. The van der Waals surface area contributed by atoms with E-state index in [1.807, 2.05) is 0 Å². The second kappa shape index (κ2) is 9.14. The lowest BCUT2D eigenvalue weighted by Gasteiger charge is -2.60. The molecule has 0 aromatic carbocycles. The number of rotatable bonds is 7. The van der Waals surface area contributed by atoms with Crippen LogP contribution in [0.25, 0.3) is 0 Å². The lowest BCUT2D eigenvalue weighted by Crippen LogP contribution is -2.60. The van der Waals surface area contributed by atoms with Gasteiger partial charge < -0.3 is 10.2 Å². The Bertz CT molecular complexity index is 704. The summed E-state index contributed by atoms with van der Waals surface area (Å²) in [5, 5.41) is 3.60. The number of fused-ring (bicyclic) bond motifs is 3. The fourth-order valence-corrected chi connectivity index (χ4v) is 9.84. The molecular formula is C30H54N2O. The number of hydrogen-bond acceptors (Lipinski definition) is 2. The highest BCUT2D eigenvalue weighted by Gasteiger charge is 2.61. The molecule has 5 unspecified atom stereocenters. The van der Waals surface area contributed by atoms with E-state index in [4.69, 9.17) is 0 Å². The smallest absolute Gasteiger partial charge is 0.226 e. The molecule has 3 saturated carbocycles. The fraction of sp³-hybridized carbons (Fsp3) is 0.967. The summed E-state index contributed by atoms with van der Waals surface area (Å²) >= 11 is 0. The lowest BCUT2D eigenvalue weighted by molar-refractivity contribution is -0.151. The summed E-state index contributed by atoms with van der Waals surface area (Å²) in [5.41, 5.74) is 0.568. The first kappa shape index (κ1) is 25.5. The van der Waals surface area contributed by atoms with Crippen molar-refractivity contribution in [3.8, 4) is 0 Å². The van der Waals surface area contributed by atoms with Gasteiger partial charge in [0.15, 0.2) is 0 Å². The van der Waals surface area contributed by atoms with Crippen LogP contribution in [0.4, 0.5) is 0 Å². The minimum Gasteiger partial charge on any atom is -0.349 e. The first-order valence-electron chi connectivity index (χ1n) is 14.5. The van der Waals surface area contributed by atoms with E-state index in [-0.39, 0.29) is 11.0 Å². The van der Waals surface area contributed by atoms with E-state index in [9.17, 15) is 4.79 Å². The minimum atomic E-state index is -0.138. The van der Waals surface area contributed by atoms with Gasteiger partial charge in [-0.2, -0.15) is 0 Å². The van der Waals surface area contributed by atoms with Crippen molar-refractivity contribution < 1.29 is 4.79 Å². The topological polar surface area (TPSA) is 32.3 Å². The highest BCUT2D eigenvalue weighted by Crippen LogP contribution is 2.66. The summed E-state index contributed by atoms with van der Waals surface area (Å²) in [7, 11) is 0. The Morgan fingerprint density at radius 3 is 2.30 bits per heavy atom.